The lowest BCUT2D eigenvalue weighted by atomic mass is 10.1. The van der Waals surface area contributed by atoms with Crippen LogP contribution >= 0.6 is 23.2 Å². The highest BCUT2D eigenvalue weighted by Gasteiger charge is 2.22. The Morgan fingerprint density at radius 1 is 1.00 bits per heavy atom. The number of carbonyl (C=O) groups is 2. The molecule has 0 bridgehead atoms. The summed E-state index contributed by atoms with van der Waals surface area (Å²) in [6.45, 7) is 1.50. The van der Waals surface area contributed by atoms with E-state index in [9.17, 15) is 9.59 Å². The van der Waals surface area contributed by atoms with Gasteiger partial charge in [-0.15, -0.1) is 10.2 Å². The lowest BCUT2D eigenvalue weighted by Gasteiger charge is -2.16. The third-order valence-corrected chi connectivity index (χ3v) is 4.53. The van der Waals surface area contributed by atoms with E-state index in [0.29, 0.717) is 22.2 Å². The molecule has 156 valence electrons. The molecule has 3 rings (SSSR count). The van der Waals surface area contributed by atoms with E-state index >= 15 is 0 Å². The maximum atomic E-state index is 12.5. The quantitative estimate of drug-likeness (QED) is 0.504. The number of benzene rings is 2. The van der Waals surface area contributed by atoms with Gasteiger partial charge in [0.1, 0.15) is 6.04 Å². The summed E-state index contributed by atoms with van der Waals surface area (Å²) >= 11 is 11.8. The Kier molecular flexibility index (Phi) is 7.26. The van der Waals surface area contributed by atoms with Gasteiger partial charge in [-0.1, -0.05) is 35.3 Å². The molecule has 3 N–H and O–H groups in total. The SMILES string of the molecule is CC(=O)NCc1nnc(C(Cc2ccc(Cl)cc2)NC(=O)Nc2ccc(Cl)cc2)o1. The number of carbonyl (C=O) groups excluding carboxylic acids is 2. The van der Waals surface area contributed by atoms with Crippen molar-refractivity contribution in [3.05, 3.63) is 75.9 Å². The van der Waals surface area contributed by atoms with Gasteiger partial charge in [0.2, 0.25) is 17.7 Å². The molecule has 0 saturated heterocycles. The fraction of sp³-hybridized carbons (Fsp3) is 0.200. The van der Waals surface area contributed by atoms with Crippen molar-refractivity contribution < 1.29 is 14.0 Å². The van der Waals surface area contributed by atoms with Crippen LogP contribution in [-0.2, 0) is 17.8 Å². The number of rotatable bonds is 7. The summed E-state index contributed by atoms with van der Waals surface area (Å²) in [5, 5.41) is 17.3. The summed E-state index contributed by atoms with van der Waals surface area (Å²) in [4.78, 5) is 23.6. The molecule has 1 unspecified atom stereocenters. The van der Waals surface area contributed by atoms with Crippen LogP contribution in [0.5, 0.6) is 0 Å². The number of urea groups is 1. The van der Waals surface area contributed by atoms with Crippen LogP contribution in [0.1, 0.15) is 30.3 Å². The number of hydrogen-bond acceptors (Lipinski definition) is 5. The van der Waals surface area contributed by atoms with Crippen LogP contribution in [0.2, 0.25) is 10.0 Å². The zero-order chi connectivity index (χ0) is 21.5. The van der Waals surface area contributed by atoms with Crippen molar-refractivity contribution in [3.8, 4) is 0 Å². The second-order valence-electron chi connectivity index (χ2n) is 6.43. The van der Waals surface area contributed by atoms with Gasteiger partial charge in [-0.3, -0.25) is 4.79 Å². The van der Waals surface area contributed by atoms with Gasteiger partial charge in [0.15, 0.2) is 0 Å². The summed E-state index contributed by atoms with van der Waals surface area (Å²) in [6, 6.07) is 12.9. The zero-order valence-corrected chi connectivity index (χ0v) is 17.5. The first kappa shape index (κ1) is 21.6. The molecular formula is C20H19Cl2N5O3. The van der Waals surface area contributed by atoms with E-state index < -0.39 is 12.1 Å². The van der Waals surface area contributed by atoms with E-state index in [1.807, 2.05) is 12.1 Å². The van der Waals surface area contributed by atoms with Crippen LogP contribution in [-0.4, -0.2) is 22.1 Å². The smallest absolute Gasteiger partial charge is 0.319 e. The molecule has 0 aliphatic carbocycles. The Hall–Kier alpha value is -3.10. The lowest BCUT2D eigenvalue weighted by molar-refractivity contribution is -0.119. The van der Waals surface area contributed by atoms with Crippen LogP contribution in [0.15, 0.2) is 52.9 Å². The minimum absolute atomic E-state index is 0.104. The molecule has 0 aliphatic rings. The molecule has 1 atom stereocenters. The van der Waals surface area contributed by atoms with E-state index in [1.165, 1.54) is 6.92 Å². The average Bonchev–Trinajstić information content (AvgIpc) is 3.18. The van der Waals surface area contributed by atoms with Crippen molar-refractivity contribution in [2.75, 3.05) is 5.32 Å². The van der Waals surface area contributed by atoms with Crippen LogP contribution in [0.3, 0.4) is 0 Å². The van der Waals surface area contributed by atoms with Gasteiger partial charge in [-0.2, -0.15) is 0 Å². The van der Waals surface area contributed by atoms with Crippen LogP contribution in [0.25, 0.3) is 0 Å². The van der Waals surface area contributed by atoms with Crippen LogP contribution in [0, 0.1) is 0 Å². The number of nitrogens with one attached hydrogen (secondary N) is 3. The minimum Gasteiger partial charge on any atom is -0.421 e. The monoisotopic (exact) mass is 447 g/mol. The average molecular weight is 448 g/mol. The molecule has 1 aromatic heterocycles. The number of amides is 3. The van der Waals surface area contributed by atoms with Gasteiger partial charge in [0.05, 0.1) is 6.54 Å². The van der Waals surface area contributed by atoms with E-state index in [-0.39, 0.29) is 24.2 Å². The summed E-state index contributed by atoms with van der Waals surface area (Å²) in [6.07, 6.45) is 0.396. The molecule has 2 aromatic carbocycles. The largest absolute Gasteiger partial charge is 0.421 e. The van der Waals surface area contributed by atoms with Gasteiger partial charge >= 0.3 is 6.03 Å². The number of halogens is 2. The Bertz CT molecular complexity index is 1010. The molecule has 3 amide bonds. The molecule has 10 heteroatoms. The van der Waals surface area contributed by atoms with Gasteiger partial charge in [-0.05, 0) is 42.0 Å². The van der Waals surface area contributed by atoms with E-state index in [0.717, 1.165) is 5.56 Å². The van der Waals surface area contributed by atoms with Crippen molar-refractivity contribution in [3.63, 3.8) is 0 Å². The molecule has 8 nitrogen and oxygen atoms in total. The fourth-order valence-electron chi connectivity index (χ4n) is 2.59. The van der Waals surface area contributed by atoms with Gasteiger partial charge in [0.25, 0.3) is 0 Å². The van der Waals surface area contributed by atoms with E-state index in [1.54, 1.807) is 36.4 Å². The maximum absolute atomic E-state index is 12.5. The normalized spacial score (nSPS) is 11.6. The third kappa shape index (κ3) is 6.47. The van der Waals surface area contributed by atoms with E-state index in [2.05, 4.69) is 26.1 Å². The fourth-order valence-corrected chi connectivity index (χ4v) is 2.85. The summed E-state index contributed by atoms with van der Waals surface area (Å²) in [5.74, 6) is 0.241. The second kappa shape index (κ2) is 10.1. The number of hydrogen-bond donors (Lipinski definition) is 3. The van der Waals surface area contributed by atoms with Crippen molar-refractivity contribution in [1.82, 2.24) is 20.8 Å². The standard InChI is InChI=1S/C20H19Cl2N5O3/c1-12(28)23-11-18-26-27-19(30-18)17(10-13-2-4-14(21)5-3-13)25-20(29)24-16-8-6-15(22)7-9-16/h2-9,17H,10-11H2,1H3,(H,23,28)(H2,24,25,29). The Balaban J connectivity index is 1.74. The second-order valence-corrected chi connectivity index (χ2v) is 7.31. The zero-order valence-electron chi connectivity index (χ0n) is 16.0. The minimum atomic E-state index is -0.600. The van der Waals surface area contributed by atoms with Crippen LogP contribution in [0.4, 0.5) is 10.5 Å². The number of aromatic nitrogens is 2. The Labute approximate surface area is 183 Å². The Morgan fingerprint density at radius 2 is 1.63 bits per heavy atom. The van der Waals surface area contributed by atoms with E-state index in [4.69, 9.17) is 27.6 Å². The molecular weight excluding hydrogens is 429 g/mol. The highest BCUT2D eigenvalue weighted by Crippen LogP contribution is 2.20. The Morgan fingerprint density at radius 3 is 2.27 bits per heavy atom. The summed E-state index contributed by atoms with van der Waals surface area (Å²) < 4.78 is 5.64. The molecule has 3 aromatic rings. The molecule has 0 spiro atoms. The summed E-state index contributed by atoms with van der Waals surface area (Å²) in [5.41, 5.74) is 1.50. The third-order valence-electron chi connectivity index (χ3n) is 4.03. The lowest BCUT2D eigenvalue weighted by Crippen LogP contribution is -2.34. The first-order valence-corrected chi connectivity index (χ1v) is 9.79. The predicted molar refractivity (Wildman–Crippen MR) is 113 cm³/mol. The first-order chi connectivity index (χ1) is 14.4. The van der Waals surface area contributed by atoms with Gasteiger partial charge in [-0.25, -0.2) is 4.79 Å². The first-order valence-electron chi connectivity index (χ1n) is 9.03. The molecule has 0 saturated carbocycles. The molecule has 0 aliphatic heterocycles. The summed E-state index contributed by atoms with van der Waals surface area (Å²) in [7, 11) is 0. The number of nitrogens with zero attached hydrogens (tertiary/aromatic N) is 2. The molecule has 1 heterocycles. The van der Waals surface area contributed by atoms with Crippen molar-refractivity contribution in [1.29, 1.82) is 0 Å². The highest BCUT2D eigenvalue weighted by molar-refractivity contribution is 6.30. The highest BCUT2D eigenvalue weighted by atomic mass is 35.5. The number of anilines is 1. The predicted octanol–water partition coefficient (Wildman–Crippen LogP) is 4.12. The van der Waals surface area contributed by atoms with Gasteiger partial charge < -0.3 is 20.4 Å². The topological polar surface area (TPSA) is 109 Å². The molecule has 30 heavy (non-hydrogen) atoms. The van der Waals surface area contributed by atoms with Gasteiger partial charge in [0, 0.05) is 29.1 Å². The molecule has 0 fully saturated rings. The molecule has 0 radical (unpaired) electrons. The maximum Gasteiger partial charge on any atom is 0.319 e. The van der Waals surface area contributed by atoms with Crippen molar-refractivity contribution >= 4 is 40.8 Å². The van der Waals surface area contributed by atoms with Crippen LogP contribution < -0.4 is 16.0 Å². The van der Waals surface area contributed by atoms with Crippen molar-refractivity contribution in [2.45, 2.75) is 25.9 Å². The van der Waals surface area contributed by atoms with Crippen molar-refractivity contribution in [2.24, 2.45) is 0 Å².